The van der Waals surface area contributed by atoms with Crippen LogP contribution in [0.3, 0.4) is 0 Å². The summed E-state index contributed by atoms with van der Waals surface area (Å²) in [7, 11) is 0. The molecule has 1 unspecified atom stereocenters. The second-order valence-corrected chi connectivity index (χ2v) is 4.85. The molecule has 1 aliphatic rings. The molecular weight excluding hydrogens is 255 g/mol. The van der Waals surface area contributed by atoms with Crippen LogP contribution in [0, 0.1) is 0 Å². The number of rotatable bonds is 1. The van der Waals surface area contributed by atoms with Gasteiger partial charge < -0.3 is 4.90 Å². The lowest BCUT2D eigenvalue weighted by Crippen LogP contribution is -2.59. The first-order chi connectivity index (χ1) is 8.89. The molecule has 1 fully saturated rings. The first kappa shape index (κ1) is 13.9. The zero-order valence-corrected chi connectivity index (χ0v) is 10.7. The normalized spacial score (nSPS) is 24.3. The summed E-state index contributed by atoms with van der Waals surface area (Å²) in [6, 6.07) is 7.74. The van der Waals surface area contributed by atoms with Crippen molar-refractivity contribution in [2.45, 2.75) is 37.9 Å². The molecule has 1 saturated heterocycles. The summed E-state index contributed by atoms with van der Waals surface area (Å²) >= 11 is 0. The topological polar surface area (TPSA) is 20.3 Å². The molecule has 1 aliphatic heterocycles. The smallest absolute Gasteiger partial charge is 0.325 e. The van der Waals surface area contributed by atoms with Gasteiger partial charge in [-0.25, -0.2) is 0 Å². The zero-order chi connectivity index (χ0) is 14.1. The molecule has 5 heteroatoms. The van der Waals surface area contributed by atoms with E-state index in [4.69, 9.17) is 0 Å². The molecule has 1 aromatic rings. The largest absolute Gasteiger partial charge is 0.415 e. The van der Waals surface area contributed by atoms with Crippen molar-refractivity contribution in [2.75, 3.05) is 6.54 Å². The van der Waals surface area contributed by atoms with Gasteiger partial charge in [-0.3, -0.25) is 4.79 Å². The lowest BCUT2D eigenvalue weighted by molar-refractivity contribution is -0.245. The molecule has 0 aromatic heterocycles. The predicted octanol–water partition coefficient (Wildman–Crippen LogP) is 3.48. The van der Waals surface area contributed by atoms with E-state index in [1.807, 2.05) is 0 Å². The molecule has 1 amide bonds. The van der Waals surface area contributed by atoms with Crippen molar-refractivity contribution >= 4 is 5.91 Å². The summed E-state index contributed by atoms with van der Waals surface area (Å²) in [5, 5.41) is 0. The van der Waals surface area contributed by atoms with Crippen molar-refractivity contribution in [1.82, 2.24) is 4.90 Å². The van der Waals surface area contributed by atoms with Gasteiger partial charge in [0.15, 0.2) is 5.54 Å². The van der Waals surface area contributed by atoms with E-state index in [1.54, 1.807) is 18.2 Å². The number of alkyl halides is 3. The molecule has 1 aromatic carbocycles. The monoisotopic (exact) mass is 271 g/mol. The fourth-order valence-corrected chi connectivity index (χ4v) is 2.88. The van der Waals surface area contributed by atoms with Gasteiger partial charge in [0.05, 0.1) is 0 Å². The van der Waals surface area contributed by atoms with Crippen molar-refractivity contribution in [3.63, 3.8) is 0 Å². The van der Waals surface area contributed by atoms with Crippen LogP contribution >= 0.6 is 0 Å². The number of likely N-dealkylation sites (tertiary alicyclic amines) is 1. The van der Waals surface area contributed by atoms with Gasteiger partial charge in [0.25, 0.3) is 0 Å². The van der Waals surface area contributed by atoms with Gasteiger partial charge >= 0.3 is 6.18 Å². The molecule has 104 valence electrons. The Bertz CT molecular complexity index is 458. The lowest BCUT2D eigenvalue weighted by atomic mass is 9.79. The summed E-state index contributed by atoms with van der Waals surface area (Å²) in [6.45, 7) is 1.36. The molecule has 19 heavy (non-hydrogen) atoms. The Morgan fingerprint density at radius 3 is 2.37 bits per heavy atom. The van der Waals surface area contributed by atoms with Crippen LogP contribution in [-0.2, 0) is 10.3 Å². The Morgan fingerprint density at radius 1 is 1.21 bits per heavy atom. The van der Waals surface area contributed by atoms with Gasteiger partial charge in [-0.15, -0.1) is 0 Å². The van der Waals surface area contributed by atoms with Crippen molar-refractivity contribution in [2.24, 2.45) is 0 Å². The highest BCUT2D eigenvalue weighted by atomic mass is 19.4. The van der Waals surface area contributed by atoms with Crippen LogP contribution in [0.4, 0.5) is 13.2 Å². The maximum Gasteiger partial charge on any atom is 0.415 e. The average molecular weight is 271 g/mol. The third-order valence-electron chi connectivity index (χ3n) is 3.73. The third-order valence-corrected chi connectivity index (χ3v) is 3.73. The van der Waals surface area contributed by atoms with Crippen LogP contribution in [0.1, 0.15) is 31.7 Å². The number of hydrogen-bond donors (Lipinski definition) is 0. The predicted molar refractivity (Wildman–Crippen MR) is 65.4 cm³/mol. The minimum absolute atomic E-state index is 0.0694. The minimum atomic E-state index is -4.47. The molecule has 0 spiro atoms. The second-order valence-electron chi connectivity index (χ2n) is 4.85. The van der Waals surface area contributed by atoms with Crippen molar-refractivity contribution in [3.8, 4) is 0 Å². The van der Waals surface area contributed by atoms with Gasteiger partial charge in [0.2, 0.25) is 5.91 Å². The van der Waals surface area contributed by atoms with Crippen LogP contribution in [0.25, 0.3) is 0 Å². The molecule has 0 N–H and O–H groups in total. The number of carbonyl (C=O) groups is 1. The zero-order valence-electron chi connectivity index (χ0n) is 10.7. The summed E-state index contributed by atoms with van der Waals surface area (Å²) in [4.78, 5) is 12.6. The summed E-state index contributed by atoms with van der Waals surface area (Å²) in [6.07, 6.45) is -3.46. The quantitative estimate of drug-likeness (QED) is 0.765. The first-order valence-electron chi connectivity index (χ1n) is 6.30. The van der Waals surface area contributed by atoms with Crippen molar-refractivity contribution in [3.05, 3.63) is 35.9 Å². The Balaban J connectivity index is 2.60. The van der Waals surface area contributed by atoms with Crippen LogP contribution in [0.2, 0.25) is 0 Å². The van der Waals surface area contributed by atoms with Gasteiger partial charge in [-0.2, -0.15) is 13.2 Å². The highest BCUT2D eigenvalue weighted by Crippen LogP contribution is 2.49. The molecule has 1 atom stereocenters. The van der Waals surface area contributed by atoms with Crippen LogP contribution in [-0.4, -0.2) is 23.5 Å². The van der Waals surface area contributed by atoms with E-state index in [0.29, 0.717) is 12.8 Å². The van der Waals surface area contributed by atoms with Crippen LogP contribution < -0.4 is 0 Å². The lowest BCUT2D eigenvalue weighted by Gasteiger charge is -2.48. The van der Waals surface area contributed by atoms with E-state index in [1.165, 1.54) is 19.1 Å². The molecule has 0 saturated carbocycles. The fraction of sp³-hybridized carbons (Fsp3) is 0.500. The number of nitrogens with zero attached hydrogens (tertiary/aromatic N) is 1. The maximum atomic E-state index is 13.7. The third kappa shape index (κ3) is 2.22. The second kappa shape index (κ2) is 4.87. The van der Waals surface area contributed by atoms with Gasteiger partial charge in [-0.05, 0) is 24.8 Å². The van der Waals surface area contributed by atoms with E-state index in [2.05, 4.69) is 0 Å². The van der Waals surface area contributed by atoms with E-state index in [9.17, 15) is 18.0 Å². The Kier molecular flexibility index (Phi) is 3.56. The highest BCUT2D eigenvalue weighted by Gasteiger charge is 2.60. The van der Waals surface area contributed by atoms with Crippen molar-refractivity contribution in [1.29, 1.82) is 0 Å². The Labute approximate surface area is 110 Å². The van der Waals surface area contributed by atoms with Gasteiger partial charge in [0.1, 0.15) is 0 Å². The fourth-order valence-electron chi connectivity index (χ4n) is 2.88. The van der Waals surface area contributed by atoms with E-state index >= 15 is 0 Å². The van der Waals surface area contributed by atoms with E-state index < -0.39 is 17.6 Å². The number of halogens is 3. The van der Waals surface area contributed by atoms with E-state index in [-0.39, 0.29) is 18.5 Å². The van der Waals surface area contributed by atoms with Crippen molar-refractivity contribution < 1.29 is 18.0 Å². The molecule has 0 aliphatic carbocycles. The number of amides is 1. The molecule has 2 nitrogen and oxygen atoms in total. The molecule has 2 rings (SSSR count). The number of piperidine rings is 1. The SMILES string of the molecule is CC(=O)N1CCCCC1(c1ccccc1)C(F)(F)F. The number of hydrogen-bond acceptors (Lipinski definition) is 1. The number of carbonyl (C=O) groups excluding carboxylic acids is 1. The standard InChI is InChI=1S/C14H16F3NO/c1-11(19)18-10-6-5-9-13(18,14(15,16)17)12-7-3-2-4-8-12/h2-4,7-8H,5-6,9-10H2,1H3. The average Bonchev–Trinajstić information content (AvgIpc) is 2.38. The van der Waals surface area contributed by atoms with Gasteiger partial charge in [-0.1, -0.05) is 30.3 Å². The Hall–Kier alpha value is -1.52. The molecule has 1 heterocycles. The molecule has 0 radical (unpaired) electrons. The summed E-state index contributed by atoms with van der Waals surface area (Å²) < 4.78 is 41.1. The van der Waals surface area contributed by atoms with E-state index in [0.717, 1.165) is 4.90 Å². The molecule has 0 bridgehead atoms. The van der Waals surface area contributed by atoms with Crippen LogP contribution in [0.5, 0.6) is 0 Å². The maximum absolute atomic E-state index is 13.7. The number of benzene rings is 1. The molecular formula is C14H16F3NO. The first-order valence-corrected chi connectivity index (χ1v) is 6.30. The minimum Gasteiger partial charge on any atom is -0.325 e. The summed E-state index contributed by atoms with van der Waals surface area (Å²) in [5.41, 5.74) is -2.02. The van der Waals surface area contributed by atoms with Gasteiger partial charge in [0, 0.05) is 13.5 Å². The highest BCUT2D eigenvalue weighted by molar-refractivity contribution is 5.75. The van der Waals surface area contributed by atoms with Crippen LogP contribution in [0.15, 0.2) is 30.3 Å². The summed E-state index contributed by atoms with van der Waals surface area (Å²) in [5.74, 6) is -0.527. The Morgan fingerprint density at radius 2 is 1.84 bits per heavy atom.